The highest BCUT2D eigenvalue weighted by molar-refractivity contribution is 6.02. The first-order chi connectivity index (χ1) is 24.8. The molecule has 2 heteroatoms. The first-order valence-electron chi connectivity index (χ1n) is 17.1. The van der Waals surface area contributed by atoms with Gasteiger partial charge in [-0.3, -0.25) is 0 Å². The summed E-state index contributed by atoms with van der Waals surface area (Å²) in [6.45, 7) is 0. The van der Waals surface area contributed by atoms with E-state index in [0.29, 0.717) is 0 Å². The lowest BCUT2D eigenvalue weighted by molar-refractivity contribution is 1.26. The van der Waals surface area contributed by atoms with Crippen LogP contribution in [0.4, 0.5) is 34.1 Å². The minimum atomic E-state index is 1.09. The standard InChI is InChI=1S/C48H34N2/c1-3-13-35(14-4-1)37-23-27-39(28-24-37)49(40-29-25-38(26-30-40)36-15-5-2-6-16-36)41-31-33-42(34-32-41)50-47-21-11-9-19-45(47)43-17-7-8-18-44(43)46-20-10-12-22-48(46)50/h1-34H. The van der Waals surface area contributed by atoms with Crippen LogP contribution in [0.15, 0.2) is 206 Å². The fourth-order valence-corrected chi connectivity index (χ4v) is 7.22. The van der Waals surface area contributed by atoms with Crippen LogP contribution in [0, 0.1) is 0 Å². The first-order valence-corrected chi connectivity index (χ1v) is 17.1. The van der Waals surface area contributed by atoms with Crippen molar-refractivity contribution < 1.29 is 0 Å². The summed E-state index contributed by atoms with van der Waals surface area (Å²) in [6.07, 6.45) is 0. The number of anilines is 6. The lowest BCUT2D eigenvalue weighted by atomic mass is 9.95. The van der Waals surface area contributed by atoms with Crippen LogP contribution in [0.2, 0.25) is 0 Å². The molecule has 0 saturated heterocycles. The maximum Gasteiger partial charge on any atom is 0.0540 e. The highest BCUT2D eigenvalue weighted by Gasteiger charge is 2.25. The molecular formula is C48H34N2. The summed E-state index contributed by atoms with van der Waals surface area (Å²) in [5.41, 5.74) is 16.5. The summed E-state index contributed by atoms with van der Waals surface area (Å²) in [4.78, 5) is 4.75. The van der Waals surface area contributed by atoms with E-state index in [9.17, 15) is 0 Å². The SMILES string of the molecule is c1ccc(-c2ccc(N(c3ccc(-c4ccccc4)cc3)c3ccc(N4c5ccccc5-c5ccccc5-c5ccccc54)cc3)cc2)cc1. The van der Waals surface area contributed by atoms with E-state index in [1.165, 1.54) is 55.9 Å². The van der Waals surface area contributed by atoms with Gasteiger partial charge in [0.1, 0.15) is 0 Å². The van der Waals surface area contributed by atoms with E-state index < -0.39 is 0 Å². The Morgan fingerprint density at radius 3 is 1.00 bits per heavy atom. The second kappa shape index (κ2) is 12.8. The predicted octanol–water partition coefficient (Wildman–Crippen LogP) is 13.6. The van der Waals surface area contributed by atoms with Gasteiger partial charge in [-0.25, -0.2) is 0 Å². The maximum atomic E-state index is 2.40. The molecule has 236 valence electrons. The van der Waals surface area contributed by atoms with Crippen LogP contribution < -0.4 is 9.80 Å². The van der Waals surface area contributed by atoms with E-state index in [0.717, 1.165) is 22.7 Å². The number of para-hydroxylation sites is 2. The molecule has 2 nitrogen and oxygen atoms in total. The largest absolute Gasteiger partial charge is 0.311 e. The van der Waals surface area contributed by atoms with E-state index in [1.807, 2.05) is 0 Å². The highest BCUT2D eigenvalue weighted by Crippen LogP contribution is 2.50. The van der Waals surface area contributed by atoms with Gasteiger partial charge in [-0.2, -0.15) is 0 Å². The Morgan fingerprint density at radius 2 is 0.580 bits per heavy atom. The Balaban J connectivity index is 1.14. The minimum absolute atomic E-state index is 1.09. The summed E-state index contributed by atoms with van der Waals surface area (Å²) in [7, 11) is 0. The van der Waals surface area contributed by atoms with Crippen LogP contribution in [0.1, 0.15) is 0 Å². The molecule has 0 radical (unpaired) electrons. The van der Waals surface area contributed by atoms with Crippen LogP contribution >= 0.6 is 0 Å². The van der Waals surface area contributed by atoms with Gasteiger partial charge < -0.3 is 9.80 Å². The molecule has 0 atom stereocenters. The van der Waals surface area contributed by atoms with Crippen LogP contribution in [0.5, 0.6) is 0 Å². The Labute approximate surface area is 293 Å². The van der Waals surface area contributed by atoms with Gasteiger partial charge >= 0.3 is 0 Å². The molecular weight excluding hydrogens is 605 g/mol. The van der Waals surface area contributed by atoms with Gasteiger partial charge in [0.05, 0.1) is 11.4 Å². The third kappa shape index (κ3) is 5.34. The second-order valence-corrected chi connectivity index (χ2v) is 12.6. The molecule has 9 rings (SSSR count). The summed E-state index contributed by atoms with van der Waals surface area (Å²) in [5.74, 6) is 0. The zero-order valence-electron chi connectivity index (χ0n) is 27.5. The van der Waals surface area contributed by atoms with Crippen molar-refractivity contribution >= 4 is 34.1 Å². The third-order valence-corrected chi connectivity index (χ3v) is 9.63. The maximum absolute atomic E-state index is 2.40. The summed E-state index contributed by atoms with van der Waals surface area (Å²) < 4.78 is 0. The van der Waals surface area contributed by atoms with Gasteiger partial charge in [-0.05, 0) is 94.0 Å². The van der Waals surface area contributed by atoms with E-state index in [2.05, 4.69) is 216 Å². The molecule has 0 aliphatic carbocycles. The Kier molecular flexibility index (Phi) is 7.53. The smallest absolute Gasteiger partial charge is 0.0540 e. The van der Waals surface area contributed by atoms with Crippen molar-refractivity contribution in [3.05, 3.63) is 206 Å². The van der Waals surface area contributed by atoms with Gasteiger partial charge in [-0.15, -0.1) is 0 Å². The molecule has 0 bridgehead atoms. The molecule has 1 heterocycles. The van der Waals surface area contributed by atoms with E-state index >= 15 is 0 Å². The third-order valence-electron chi connectivity index (χ3n) is 9.63. The molecule has 0 spiro atoms. The molecule has 0 amide bonds. The zero-order chi connectivity index (χ0) is 33.3. The predicted molar refractivity (Wildman–Crippen MR) is 211 cm³/mol. The Morgan fingerprint density at radius 1 is 0.260 bits per heavy atom. The molecule has 1 aliphatic rings. The molecule has 0 saturated carbocycles. The van der Waals surface area contributed by atoms with Crippen LogP contribution in [-0.2, 0) is 0 Å². The van der Waals surface area contributed by atoms with Gasteiger partial charge in [-0.1, -0.05) is 146 Å². The lowest BCUT2D eigenvalue weighted by Crippen LogP contribution is -2.12. The van der Waals surface area contributed by atoms with Crippen LogP contribution in [0.3, 0.4) is 0 Å². The number of hydrogen-bond donors (Lipinski definition) is 0. The normalized spacial score (nSPS) is 11.6. The van der Waals surface area contributed by atoms with Crippen molar-refractivity contribution in [2.45, 2.75) is 0 Å². The van der Waals surface area contributed by atoms with Crippen molar-refractivity contribution in [1.29, 1.82) is 0 Å². The molecule has 8 aromatic carbocycles. The van der Waals surface area contributed by atoms with E-state index in [4.69, 9.17) is 0 Å². The van der Waals surface area contributed by atoms with E-state index in [-0.39, 0.29) is 0 Å². The topological polar surface area (TPSA) is 6.48 Å². The van der Waals surface area contributed by atoms with Gasteiger partial charge in [0, 0.05) is 33.9 Å². The van der Waals surface area contributed by atoms with E-state index in [1.54, 1.807) is 0 Å². The quantitative estimate of drug-likeness (QED) is 0.179. The first kappa shape index (κ1) is 29.5. The summed E-state index contributed by atoms with van der Waals surface area (Å²) in [6, 6.07) is 74.1. The summed E-state index contributed by atoms with van der Waals surface area (Å²) in [5, 5.41) is 0. The molecule has 0 N–H and O–H groups in total. The van der Waals surface area contributed by atoms with Crippen LogP contribution in [0.25, 0.3) is 44.5 Å². The van der Waals surface area contributed by atoms with Gasteiger partial charge in [0.2, 0.25) is 0 Å². The van der Waals surface area contributed by atoms with Crippen molar-refractivity contribution in [1.82, 2.24) is 0 Å². The molecule has 0 unspecified atom stereocenters. The number of hydrogen-bond acceptors (Lipinski definition) is 2. The van der Waals surface area contributed by atoms with Crippen molar-refractivity contribution in [2.75, 3.05) is 9.80 Å². The highest BCUT2D eigenvalue weighted by atomic mass is 15.2. The number of rotatable bonds is 6. The Bertz CT molecular complexity index is 2250. The fraction of sp³-hybridized carbons (Fsp3) is 0. The number of benzene rings is 8. The number of fused-ring (bicyclic) bond motifs is 5. The Hall–Kier alpha value is -6.64. The molecule has 8 aromatic rings. The fourth-order valence-electron chi connectivity index (χ4n) is 7.22. The number of nitrogens with zero attached hydrogens (tertiary/aromatic N) is 2. The van der Waals surface area contributed by atoms with Crippen molar-refractivity contribution in [3.63, 3.8) is 0 Å². The van der Waals surface area contributed by atoms with Gasteiger partial charge in [0.15, 0.2) is 0 Å². The van der Waals surface area contributed by atoms with Gasteiger partial charge in [0.25, 0.3) is 0 Å². The van der Waals surface area contributed by atoms with Crippen molar-refractivity contribution in [3.8, 4) is 44.5 Å². The monoisotopic (exact) mass is 638 g/mol. The molecule has 50 heavy (non-hydrogen) atoms. The molecule has 0 fully saturated rings. The zero-order valence-corrected chi connectivity index (χ0v) is 27.5. The average Bonchev–Trinajstić information content (AvgIpc) is 3.32. The second-order valence-electron chi connectivity index (χ2n) is 12.6. The minimum Gasteiger partial charge on any atom is -0.311 e. The summed E-state index contributed by atoms with van der Waals surface area (Å²) >= 11 is 0. The van der Waals surface area contributed by atoms with Crippen molar-refractivity contribution in [2.24, 2.45) is 0 Å². The lowest BCUT2D eigenvalue weighted by Gasteiger charge is -2.29. The average molecular weight is 639 g/mol. The molecule has 1 aliphatic heterocycles. The van der Waals surface area contributed by atoms with Crippen LogP contribution in [-0.4, -0.2) is 0 Å². The molecule has 0 aromatic heterocycles.